The fourth-order valence-electron chi connectivity index (χ4n) is 1.91. The third-order valence-electron chi connectivity index (χ3n) is 3.00. The molecule has 0 nitrogen and oxygen atoms in total. The zero-order valence-corrected chi connectivity index (χ0v) is 12.5. The van der Waals surface area contributed by atoms with Crippen molar-refractivity contribution >= 4 is 0 Å². The number of hydrogen-bond acceptors (Lipinski definition) is 0. The molecule has 0 saturated heterocycles. The topological polar surface area (TPSA) is 0 Å². The van der Waals surface area contributed by atoms with E-state index in [0.29, 0.717) is 0 Å². The highest BCUT2D eigenvalue weighted by Crippen LogP contribution is 2.14. The van der Waals surface area contributed by atoms with Crippen molar-refractivity contribution in [3.8, 4) is 0 Å². The molecule has 0 aliphatic heterocycles. The van der Waals surface area contributed by atoms with Crippen LogP contribution in [0.25, 0.3) is 0 Å². The van der Waals surface area contributed by atoms with Crippen molar-refractivity contribution in [1.82, 2.24) is 0 Å². The van der Waals surface area contributed by atoms with E-state index in [-0.39, 0.29) is 0 Å². The molecule has 0 aromatic carbocycles. The fraction of sp³-hybridized carbons (Fsp3) is 0.647. The van der Waals surface area contributed by atoms with E-state index in [1.807, 2.05) is 0 Å². The van der Waals surface area contributed by atoms with Gasteiger partial charge in [-0.3, -0.25) is 0 Å². The summed E-state index contributed by atoms with van der Waals surface area (Å²) in [5.74, 6) is 0. The highest BCUT2D eigenvalue weighted by atomic mass is 14.0. The maximum Gasteiger partial charge on any atom is -0.0286 e. The lowest BCUT2D eigenvalue weighted by Gasteiger charge is -2.03. The first-order valence-electron chi connectivity index (χ1n) is 7.07. The molecule has 0 heteroatoms. The van der Waals surface area contributed by atoms with E-state index in [1.165, 1.54) is 49.7 Å². The Morgan fingerprint density at radius 2 is 1.47 bits per heavy atom. The average molecular weight is 234 g/mol. The van der Waals surface area contributed by atoms with E-state index >= 15 is 0 Å². The Morgan fingerprint density at radius 1 is 0.824 bits per heavy atom. The van der Waals surface area contributed by atoms with Gasteiger partial charge in [-0.15, -0.1) is 0 Å². The SMILES string of the molecule is CC/C=C(/CC)CC/C=C(/C)CCC=C(C)C. The minimum atomic E-state index is 1.17. The molecule has 0 aromatic rings. The van der Waals surface area contributed by atoms with Crippen LogP contribution in [0.1, 0.15) is 73.1 Å². The molecule has 0 radical (unpaired) electrons. The van der Waals surface area contributed by atoms with Crippen molar-refractivity contribution in [3.05, 3.63) is 34.9 Å². The maximum atomic E-state index is 2.41. The summed E-state index contributed by atoms with van der Waals surface area (Å²) in [7, 11) is 0. The summed E-state index contributed by atoms with van der Waals surface area (Å²) in [4.78, 5) is 0. The van der Waals surface area contributed by atoms with Gasteiger partial charge in [0.05, 0.1) is 0 Å². The molecule has 0 aliphatic carbocycles. The molecule has 0 bridgehead atoms. The predicted octanol–water partition coefficient (Wildman–Crippen LogP) is 6.21. The lowest BCUT2D eigenvalue weighted by atomic mass is 10.0. The Balaban J connectivity index is 3.91. The third-order valence-corrected chi connectivity index (χ3v) is 3.00. The highest BCUT2D eigenvalue weighted by Gasteiger charge is 1.93. The number of hydrogen-bond donors (Lipinski definition) is 0. The van der Waals surface area contributed by atoms with Gasteiger partial charge in [-0.25, -0.2) is 0 Å². The number of allylic oxidation sites excluding steroid dienone is 6. The lowest BCUT2D eigenvalue weighted by Crippen LogP contribution is -1.83. The van der Waals surface area contributed by atoms with Crippen LogP contribution in [0.3, 0.4) is 0 Å². The smallest absolute Gasteiger partial charge is 0.0286 e. The van der Waals surface area contributed by atoms with Crippen molar-refractivity contribution in [2.24, 2.45) is 0 Å². The van der Waals surface area contributed by atoms with Gasteiger partial charge < -0.3 is 0 Å². The first-order chi connectivity index (χ1) is 8.10. The lowest BCUT2D eigenvalue weighted by molar-refractivity contribution is 0.875. The molecule has 0 spiro atoms. The zero-order valence-electron chi connectivity index (χ0n) is 12.5. The summed E-state index contributed by atoms with van der Waals surface area (Å²) in [5, 5.41) is 0. The van der Waals surface area contributed by atoms with E-state index in [4.69, 9.17) is 0 Å². The fourth-order valence-corrected chi connectivity index (χ4v) is 1.91. The second-order valence-corrected chi connectivity index (χ2v) is 5.03. The molecule has 0 aliphatic rings. The Labute approximate surface area is 109 Å². The second kappa shape index (κ2) is 10.4. The van der Waals surface area contributed by atoms with E-state index in [0.717, 1.165) is 0 Å². The van der Waals surface area contributed by atoms with Gasteiger partial charge in [-0.05, 0) is 59.3 Å². The third kappa shape index (κ3) is 10.1. The van der Waals surface area contributed by atoms with Crippen LogP contribution in [0.4, 0.5) is 0 Å². The van der Waals surface area contributed by atoms with Crippen LogP contribution in [-0.2, 0) is 0 Å². The van der Waals surface area contributed by atoms with Gasteiger partial charge in [-0.2, -0.15) is 0 Å². The van der Waals surface area contributed by atoms with Gasteiger partial charge in [0.1, 0.15) is 0 Å². The Kier molecular flexibility index (Phi) is 9.90. The first kappa shape index (κ1) is 16.2. The average Bonchev–Trinajstić information content (AvgIpc) is 2.27. The van der Waals surface area contributed by atoms with Crippen LogP contribution >= 0.6 is 0 Å². The quantitative estimate of drug-likeness (QED) is 0.438. The van der Waals surface area contributed by atoms with Crippen molar-refractivity contribution in [2.75, 3.05) is 0 Å². The summed E-state index contributed by atoms with van der Waals surface area (Å²) >= 11 is 0. The molecule has 0 rings (SSSR count). The van der Waals surface area contributed by atoms with Crippen LogP contribution in [0, 0.1) is 0 Å². The molecule has 17 heavy (non-hydrogen) atoms. The van der Waals surface area contributed by atoms with E-state index < -0.39 is 0 Å². The van der Waals surface area contributed by atoms with Gasteiger partial charge in [0.2, 0.25) is 0 Å². The molecule has 0 amide bonds. The van der Waals surface area contributed by atoms with Gasteiger partial charge in [-0.1, -0.05) is 48.8 Å². The largest absolute Gasteiger partial charge is 0.0856 e. The summed E-state index contributed by atoms with van der Waals surface area (Å²) in [6.45, 7) is 11.1. The summed E-state index contributed by atoms with van der Waals surface area (Å²) in [6.07, 6.45) is 14.4. The Bertz CT molecular complexity index is 272. The molecule has 98 valence electrons. The van der Waals surface area contributed by atoms with Gasteiger partial charge in [0, 0.05) is 0 Å². The normalized spacial score (nSPS) is 12.8. The van der Waals surface area contributed by atoms with Crippen LogP contribution < -0.4 is 0 Å². The number of rotatable bonds is 8. The second-order valence-electron chi connectivity index (χ2n) is 5.03. The molecule has 0 atom stereocenters. The van der Waals surface area contributed by atoms with E-state index in [2.05, 4.69) is 52.8 Å². The van der Waals surface area contributed by atoms with Crippen LogP contribution in [-0.4, -0.2) is 0 Å². The minimum absolute atomic E-state index is 1.17. The molecule has 0 fully saturated rings. The summed E-state index contributed by atoms with van der Waals surface area (Å²) in [5.41, 5.74) is 4.58. The Morgan fingerprint density at radius 3 is 2.00 bits per heavy atom. The summed E-state index contributed by atoms with van der Waals surface area (Å²) in [6, 6.07) is 0. The van der Waals surface area contributed by atoms with Crippen molar-refractivity contribution in [2.45, 2.75) is 73.1 Å². The van der Waals surface area contributed by atoms with Gasteiger partial charge >= 0.3 is 0 Å². The molecule has 0 saturated carbocycles. The van der Waals surface area contributed by atoms with Crippen molar-refractivity contribution in [3.63, 3.8) is 0 Å². The first-order valence-corrected chi connectivity index (χ1v) is 7.07. The van der Waals surface area contributed by atoms with E-state index in [9.17, 15) is 0 Å². The standard InChI is InChI=1S/C17H30/c1-6-10-17(7-2)14-9-13-16(5)12-8-11-15(3)4/h10-11,13H,6-9,12,14H2,1-5H3/b16-13-,17-10-. The van der Waals surface area contributed by atoms with Gasteiger partial charge in [0.25, 0.3) is 0 Å². The molecular formula is C17H30. The Hall–Kier alpha value is -0.780. The predicted molar refractivity (Wildman–Crippen MR) is 80.3 cm³/mol. The maximum absolute atomic E-state index is 2.41. The molecule has 0 unspecified atom stereocenters. The molecule has 0 heterocycles. The van der Waals surface area contributed by atoms with Gasteiger partial charge in [0.15, 0.2) is 0 Å². The van der Waals surface area contributed by atoms with Crippen LogP contribution in [0.5, 0.6) is 0 Å². The van der Waals surface area contributed by atoms with Crippen LogP contribution in [0.2, 0.25) is 0 Å². The molecule has 0 N–H and O–H groups in total. The summed E-state index contributed by atoms with van der Waals surface area (Å²) < 4.78 is 0. The van der Waals surface area contributed by atoms with E-state index in [1.54, 1.807) is 5.57 Å². The monoisotopic (exact) mass is 234 g/mol. The molecular weight excluding hydrogens is 204 g/mol. The zero-order chi connectivity index (χ0) is 13.1. The highest BCUT2D eigenvalue weighted by molar-refractivity contribution is 5.06. The molecule has 0 aromatic heterocycles. The van der Waals surface area contributed by atoms with Crippen molar-refractivity contribution < 1.29 is 0 Å². The van der Waals surface area contributed by atoms with Crippen molar-refractivity contribution in [1.29, 1.82) is 0 Å². The van der Waals surface area contributed by atoms with Crippen LogP contribution in [0.15, 0.2) is 34.9 Å². The minimum Gasteiger partial charge on any atom is -0.0856 e.